The van der Waals surface area contributed by atoms with Gasteiger partial charge < -0.3 is 0 Å². The summed E-state index contributed by atoms with van der Waals surface area (Å²) in [5, 5.41) is 0. The first-order valence-corrected chi connectivity index (χ1v) is 10.2. The van der Waals surface area contributed by atoms with Crippen LogP contribution in [0.15, 0.2) is 0 Å². The van der Waals surface area contributed by atoms with Crippen molar-refractivity contribution in [3.8, 4) is 0 Å². The first-order valence-electron chi connectivity index (χ1n) is 1.73. The van der Waals surface area contributed by atoms with Gasteiger partial charge >= 0.3 is 42.6 Å². The molecule has 1 aliphatic heterocycles. The molecule has 1 heterocycles. The van der Waals surface area contributed by atoms with Gasteiger partial charge in [0.1, 0.15) is 0 Å². The van der Waals surface area contributed by atoms with Crippen LogP contribution in [-0.4, -0.2) is 24.6 Å². The van der Waals surface area contributed by atoms with Crippen molar-refractivity contribution in [2.24, 2.45) is 0 Å². The summed E-state index contributed by atoms with van der Waals surface area (Å²) >= 11 is -0.383. The Morgan fingerprint density at radius 2 is 2.20 bits per heavy atom. The fourth-order valence-corrected chi connectivity index (χ4v) is 5.51. The van der Waals surface area contributed by atoms with E-state index in [9.17, 15) is 0 Å². The third-order valence-electron chi connectivity index (χ3n) is 0.718. The van der Waals surface area contributed by atoms with E-state index in [4.69, 9.17) is 0 Å². The van der Waals surface area contributed by atoms with Crippen molar-refractivity contribution in [1.82, 2.24) is 0 Å². The van der Waals surface area contributed by atoms with E-state index >= 15 is 0 Å². The molecule has 0 bridgehead atoms. The summed E-state index contributed by atoms with van der Waals surface area (Å²) in [6, 6.07) is 0. The molecule has 1 rings (SSSR count). The average Bonchev–Trinajstić information content (AvgIpc) is 1.30. The van der Waals surface area contributed by atoms with Gasteiger partial charge in [-0.25, -0.2) is 0 Å². The van der Waals surface area contributed by atoms with Gasteiger partial charge in [0.2, 0.25) is 0 Å². The van der Waals surface area contributed by atoms with Crippen molar-refractivity contribution in [3.63, 3.8) is 0 Å². The third-order valence-corrected chi connectivity index (χ3v) is 11.4. The Kier molecular flexibility index (Phi) is 1.51. The summed E-state index contributed by atoms with van der Waals surface area (Å²) in [4.78, 5) is 2.46. The van der Waals surface area contributed by atoms with E-state index in [0.29, 0.717) is 0 Å². The Morgan fingerprint density at radius 1 is 1.80 bits per heavy atom. The van der Waals surface area contributed by atoms with Crippen molar-refractivity contribution in [2.75, 3.05) is 5.75 Å². The maximum atomic E-state index is 2.46. The van der Waals surface area contributed by atoms with Crippen LogP contribution in [0.3, 0.4) is 0 Å². The summed E-state index contributed by atoms with van der Waals surface area (Å²) in [5.41, 5.74) is 0. The monoisotopic (exact) mass is 196 g/mol. The van der Waals surface area contributed by atoms with E-state index in [1.165, 1.54) is 5.75 Å². The van der Waals surface area contributed by atoms with Gasteiger partial charge in [-0.15, -0.1) is 0 Å². The van der Waals surface area contributed by atoms with Crippen LogP contribution in [0.2, 0.25) is 9.24 Å². The average molecular weight is 197 g/mol. The van der Waals surface area contributed by atoms with Crippen LogP contribution in [-0.2, 0) is 0 Å². The molecule has 0 atom stereocenters. The summed E-state index contributed by atoms with van der Waals surface area (Å²) in [6.45, 7) is 0. The van der Waals surface area contributed by atoms with Crippen molar-refractivity contribution < 1.29 is 0 Å². The summed E-state index contributed by atoms with van der Waals surface area (Å²) in [6.07, 6.45) is 0. The molecular weight excluding hydrogens is 190 g/mol. The summed E-state index contributed by atoms with van der Waals surface area (Å²) < 4.78 is 1.63. The van der Waals surface area contributed by atoms with Gasteiger partial charge in [0.05, 0.1) is 0 Å². The molecule has 0 aromatic heterocycles. The molecule has 1 saturated heterocycles. The molecular formula is C3H7SSb. The first kappa shape index (κ1) is 4.33. The normalized spacial score (nSPS) is 25.8. The molecule has 0 radical (unpaired) electrons. The topological polar surface area (TPSA) is 0 Å². The molecule has 0 aliphatic carbocycles. The second-order valence-corrected chi connectivity index (χ2v) is 13.1. The van der Waals surface area contributed by atoms with Gasteiger partial charge in [-0.3, -0.25) is 0 Å². The molecule has 0 unspecified atom stereocenters. The van der Waals surface area contributed by atoms with Gasteiger partial charge in [-0.05, 0) is 0 Å². The number of rotatable bonds is 0. The van der Waals surface area contributed by atoms with Gasteiger partial charge in [0.15, 0.2) is 0 Å². The zero-order valence-electron chi connectivity index (χ0n) is 3.27. The summed E-state index contributed by atoms with van der Waals surface area (Å²) in [5.74, 6) is 1.49. The third kappa shape index (κ3) is 1.01. The zero-order valence-corrected chi connectivity index (χ0v) is 6.64. The molecule has 5 heavy (non-hydrogen) atoms. The van der Waals surface area contributed by atoms with Crippen LogP contribution in [0.4, 0.5) is 0 Å². The van der Waals surface area contributed by atoms with Gasteiger partial charge in [0, 0.05) is 0 Å². The Bertz CT molecular complexity index is 33.9. The van der Waals surface area contributed by atoms with E-state index < -0.39 is 0 Å². The van der Waals surface area contributed by atoms with E-state index in [-0.39, 0.29) is 18.8 Å². The molecule has 1 fully saturated rings. The van der Waals surface area contributed by atoms with Crippen LogP contribution in [0.1, 0.15) is 0 Å². The van der Waals surface area contributed by atoms with Crippen LogP contribution in [0.25, 0.3) is 0 Å². The van der Waals surface area contributed by atoms with Crippen molar-refractivity contribution in [1.29, 1.82) is 0 Å². The molecule has 0 spiro atoms. The van der Waals surface area contributed by atoms with Crippen molar-refractivity contribution >= 4 is 27.7 Å². The Balaban J connectivity index is 2.08. The molecule has 0 aromatic carbocycles. The second kappa shape index (κ2) is 1.75. The SMILES string of the molecule is [CH3][Sb]1[CH2]C[S]1. The molecule has 2 heteroatoms. The maximum absolute atomic E-state index is 2.46. The summed E-state index contributed by atoms with van der Waals surface area (Å²) in [7, 11) is 2.24. The minimum absolute atomic E-state index is 0.383. The predicted molar refractivity (Wildman–Crippen MR) is 28.9 cm³/mol. The number of hydrogen-bond donors (Lipinski definition) is 0. The molecule has 0 amide bonds. The van der Waals surface area contributed by atoms with Gasteiger partial charge in [0.25, 0.3) is 0 Å². The van der Waals surface area contributed by atoms with E-state index in [1.54, 1.807) is 4.37 Å². The Labute approximate surface area is 42.7 Å². The van der Waals surface area contributed by atoms with E-state index in [0.717, 1.165) is 0 Å². The molecule has 0 N–H and O–H groups in total. The van der Waals surface area contributed by atoms with E-state index in [2.05, 4.69) is 13.7 Å². The fourth-order valence-electron chi connectivity index (χ4n) is 0.274. The van der Waals surface area contributed by atoms with E-state index in [1.807, 2.05) is 0 Å². The quantitative estimate of drug-likeness (QED) is 0.528. The van der Waals surface area contributed by atoms with Crippen molar-refractivity contribution in [2.45, 2.75) is 9.24 Å². The van der Waals surface area contributed by atoms with Crippen LogP contribution in [0.5, 0.6) is 0 Å². The van der Waals surface area contributed by atoms with Crippen LogP contribution in [0, 0.1) is 0 Å². The van der Waals surface area contributed by atoms with Crippen LogP contribution >= 0.6 is 8.85 Å². The Morgan fingerprint density at radius 3 is 2.20 bits per heavy atom. The molecule has 0 saturated carbocycles. The minimum atomic E-state index is -0.383. The fraction of sp³-hybridized carbons (Fsp3) is 1.00. The van der Waals surface area contributed by atoms with Gasteiger partial charge in [-0.1, -0.05) is 0 Å². The van der Waals surface area contributed by atoms with Crippen LogP contribution < -0.4 is 0 Å². The second-order valence-electron chi connectivity index (χ2n) is 1.18. The standard InChI is InChI=1S/C2H5S.CH3.Sb/c1-2-3;;/h3H,1-2H2;1H3;/q;;+1/p-1. The Hall–Kier alpha value is 1.17. The van der Waals surface area contributed by atoms with Crippen molar-refractivity contribution in [3.05, 3.63) is 0 Å². The predicted octanol–water partition coefficient (Wildman–Crippen LogP) is 1.35. The molecule has 0 nitrogen and oxygen atoms in total. The molecule has 0 aromatic rings. The zero-order chi connectivity index (χ0) is 3.70. The number of hydrogen-bond acceptors (Lipinski definition) is 1. The van der Waals surface area contributed by atoms with Gasteiger partial charge in [-0.2, -0.15) is 0 Å². The first-order chi connectivity index (χ1) is 2.39. The molecule has 30 valence electrons. The molecule has 1 aliphatic rings.